The quantitative estimate of drug-likeness (QED) is 0.625. The van der Waals surface area contributed by atoms with Crippen LogP contribution < -0.4 is 10.5 Å². The van der Waals surface area contributed by atoms with Crippen molar-refractivity contribution in [3.63, 3.8) is 0 Å². The van der Waals surface area contributed by atoms with Gasteiger partial charge < -0.3 is 5.73 Å². The van der Waals surface area contributed by atoms with Gasteiger partial charge in [0.2, 0.25) is 0 Å². The van der Waals surface area contributed by atoms with Gasteiger partial charge in [-0.3, -0.25) is 0 Å². The van der Waals surface area contributed by atoms with Crippen molar-refractivity contribution >= 4 is 10.2 Å². The van der Waals surface area contributed by atoms with Crippen LogP contribution in [0.1, 0.15) is 20.3 Å². The monoisotopic (exact) mass is 223 g/mol. The van der Waals surface area contributed by atoms with E-state index in [1.165, 1.54) is 4.31 Å². The predicted octanol–water partition coefficient (Wildman–Crippen LogP) is -0.243. The van der Waals surface area contributed by atoms with E-state index in [2.05, 4.69) is 4.72 Å². The Morgan fingerprint density at radius 1 is 1.50 bits per heavy atom. The van der Waals surface area contributed by atoms with Crippen LogP contribution in [0.15, 0.2) is 0 Å². The van der Waals surface area contributed by atoms with Crippen LogP contribution >= 0.6 is 0 Å². The van der Waals surface area contributed by atoms with E-state index in [9.17, 15) is 8.42 Å². The lowest BCUT2D eigenvalue weighted by atomic mass is 10.2. The topological polar surface area (TPSA) is 75.4 Å². The number of rotatable bonds is 7. The Morgan fingerprint density at radius 2 is 2.07 bits per heavy atom. The average molecular weight is 223 g/mol. The molecule has 0 spiro atoms. The first-order valence-electron chi connectivity index (χ1n) is 4.85. The number of hydrogen-bond acceptors (Lipinski definition) is 3. The molecule has 6 heteroatoms. The molecule has 0 saturated carbocycles. The van der Waals surface area contributed by atoms with Gasteiger partial charge in [-0.1, -0.05) is 13.8 Å². The fourth-order valence-corrected chi connectivity index (χ4v) is 2.09. The zero-order chi connectivity index (χ0) is 11.2. The Labute approximate surface area is 86.8 Å². The van der Waals surface area contributed by atoms with E-state index >= 15 is 0 Å². The maximum Gasteiger partial charge on any atom is 0.279 e. The van der Waals surface area contributed by atoms with Crippen LogP contribution in [-0.4, -0.2) is 39.4 Å². The van der Waals surface area contributed by atoms with Crippen molar-refractivity contribution < 1.29 is 8.42 Å². The van der Waals surface area contributed by atoms with E-state index in [1.807, 2.05) is 13.8 Å². The summed E-state index contributed by atoms with van der Waals surface area (Å²) >= 11 is 0. The largest absolute Gasteiger partial charge is 0.330 e. The Balaban J connectivity index is 4.14. The Bertz CT molecular complexity index is 241. The maximum absolute atomic E-state index is 11.5. The van der Waals surface area contributed by atoms with Crippen molar-refractivity contribution in [1.82, 2.24) is 9.03 Å². The third-order valence-corrected chi connectivity index (χ3v) is 3.45. The van der Waals surface area contributed by atoms with Gasteiger partial charge in [-0.2, -0.15) is 12.7 Å². The molecule has 1 unspecified atom stereocenters. The van der Waals surface area contributed by atoms with Gasteiger partial charge in [0.05, 0.1) is 0 Å². The van der Waals surface area contributed by atoms with Crippen molar-refractivity contribution in [1.29, 1.82) is 0 Å². The third kappa shape index (κ3) is 4.90. The van der Waals surface area contributed by atoms with Gasteiger partial charge in [0.1, 0.15) is 0 Å². The molecule has 0 aliphatic heterocycles. The summed E-state index contributed by atoms with van der Waals surface area (Å²) in [6.07, 6.45) is 0.791. The first-order chi connectivity index (χ1) is 6.44. The molecule has 0 rings (SSSR count). The highest BCUT2D eigenvalue weighted by atomic mass is 32.2. The van der Waals surface area contributed by atoms with Crippen LogP contribution in [0.4, 0.5) is 0 Å². The van der Waals surface area contributed by atoms with E-state index in [4.69, 9.17) is 5.73 Å². The molecule has 0 aliphatic rings. The molecular weight excluding hydrogens is 202 g/mol. The molecule has 0 radical (unpaired) electrons. The highest BCUT2D eigenvalue weighted by molar-refractivity contribution is 7.87. The summed E-state index contributed by atoms with van der Waals surface area (Å²) < 4.78 is 26.8. The second kappa shape index (κ2) is 6.34. The van der Waals surface area contributed by atoms with Gasteiger partial charge in [0, 0.05) is 20.1 Å². The van der Waals surface area contributed by atoms with Gasteiger partial charge in [-0.15, -0.1) is 0 Å². The van der Waals surface area contributed by atoms with Gasteiger partial charge in [-0.05, 0) is 18.9 Å². The second-order valence-corrected chi connectivity index (χ2v) is 5.38. The Morgan fingerprint density at radius 3 is 2.50 bits per heavy atom. The minimum absolute atomic E-state index is 0.179. The molecule has 0 aromatic carbocycles. The first-order valence-corrected chi connectivity index (χ1v) is 6.29. The number of nitrogens with two attached hydrogens (primary N) is 1. The van der Waals surface area contributed by atoms with Crippen LogP contribution in [-0.2, 0) is 10.2 Å². The lowest BCUT2D eigenvalue weighted by Crippen LogP contribution is -2.41. The number of hydrogen-bond donors (Lipinski definition) is 2. The van der Waals surface area contributed by atoms with Crippen LogP contribution in [0.3, 0.4) is 0 Å². The lowest BCUT2D eigenvalue weighted by molar-refractivity contribution is 0.398. The van der Waals surface area contributed by atoms with Crippen LogP contribution in [0.2, 0.25) is 0 Å². The van der Waals surface area contributed by atoms with Crippen molar-refractivity contribution in [3.8, 4) is 0 Å². The zero-order valence-corrected chi connectivity index (χ0v) is 9.97. The molecule has 0 saturated heterocycles. The summed E-state index contributed by atoms with van der Waals surface area (Å²) in [6.45, 7) is 5.27. The molecule has 1 atom stereocenters. The Hall–Kier alpha value is -0.170. The first kappa shape index (κ1) is 13.8. The molecule has 0 amide bonds. The maximum atomic E-state index is 11.5. The molecule has 0 aromatic rings. The van der Waals surface area contributed by atoms with Crippen molar-refractivity contribution in [3.05, 3.63) is 0 Å². The number of nitrogens with zero attached hydrogens (tertiary/aromatic N) is 1. The summed E-state index contributed by atoms with van der Waals surface area (Å²) in [5.41, 5.74) is 5.42. The van der Waals surface area contributed by atoms with Crippen molar-refractivity contribution in [2.75, 3.05) is 26.7 Å². The van der Waals surface area contributed by atoms with E-state index in [0.29, 0.717) is 19.6 Å². The van der Waals surface area contributed by atoms with E-state index in [-0.39, 0.29) is 5.92 Å². The number of nitrogens with one attached hydrogen (secondary N) is 1. The van der Waals surface area contributed by atoms with Gasteiger partial charge >= 0.3 is 0 Å². The normalized spacial score (nSPS) is 14.6. The summed E-state index contributed by atoms with van der Waals surface area (Å²) in [7, 11) is -1.74. The van der Waals surface area contributed by atoms with Crippen molar-refractivity contribution in [2.24, 2.45) is 11.7 Å². The molecule has 0 bridgehead atoms. The molecule has 86 valence electrons. The standard InChI is InChI=1S/C8H21N3O2S/c1-4-5-10-14(12,13)11(3)7-8(2)6-9/h8,10H,4-7,9H2,1-3H3. The van der Waals surface area contributed by atoms with Crippen LogP contribution in [0.25, 0.3) is 0 Å². The molecule has 3 N–H and O–H groups in total. The van der Waals surface area contributed by atoms with Crippen molar-refractivity contribution in [2.45, 2.75) is 20.3 Å². The SMILES string of the molecule is CCCNS(=O)(=O)N(C)CC(C)CN. The minimum Gasteiger partial charge on any atom is -0.330 e. The smallest absolute Gasteiger partial charge is 0.279 e. The van der Waals surface area contributed by atoms with Gasteiger partial charge in [-0.25, -0.2) is 4.72 Å². The molecule has 0 fully saturated rings. The Kier molecular flexibility index (Phi) is 6.26. The molecule has 0 heterocycles. The third-order valence-electron chi connectivity index (χ3n) is 1.92. The van der Waals surface area contributed by atoms with E-state index < -0.39 is 10.2 Å². The highest BCUT2D eigenvalue weighted by Crippen LogP contribution is 2.00. The van der Waals surface area contributed by atoms with Gasteiger partial charge in [0.15, 0.2) is 0 Å². The fourth-order valence-electron chi connectivity index (χ4n) is 0.953. The summed E-state index contributed by atoms with van der Waals surface area (Å²) in [6, 6.07) is 0. The average Bonchev–Trinajstić information content (AvgIpc) is 2.14. The summed E-state index contributed by atoms with van der Waals surface area (Å²) in [4.78, 5) is 0. The fraction of sp³-hybridized carbons (Fsp3) is 1.00. The van der Waals surface area contributed by atoms with E-state index in [1.54, 1.807) is 7.05 Å². The van der Waals surface area contributed by atoms with Crippen LogP contribution in [0.5, 0.6) is 0 Å². The minimum atomic E-state index is -3.30. The lowest BCUT2D eigenvalue weighted by Gasteiger charge is -2.20. The molecule has 0 aliphatic carbocycles. The summed E-state index contributed by atoms with van der Waals surface area (Å²) in [5, 5.41) is 0. The molecule has 0 aromatic heterocycles. The molecule has 14 heavy (non-hydrogen) atoms. The summed E-state index contributed by atoms with van der Waals surface area (Å²) in [5.74, 6) is 0.179. The zero-order valence-electron chi connectivity index (χ0n) is 9.16. The molecular formula is C8H21N3O2S. The second-order valence-electron chi connectivity index (χ2n) is 3.52. The van der Waals surface area contributed by atoms with E-state index in [0.717, 1.165) is 6.42 Å². The molecule has 5 nitrogen and oxygen atoms in total. The predicted molar refractivity (Wildman–Crippen MR) is 58.1 cm³/mol. The van der Waals surface area contributed by atoms with Gasteiger partial charge in [0.25, 0.3) is 10.2 Å². The highest BCUT2D eigenvalue weighted by Gasteiger charge is 2.17. The van der Waals surface area contributed by atoms with Crippen LogP contribution in [0, 0.1) is 5.92 Å².